The topological polar surface area (TPSA) is 63.5 Å². The van der Waals surface area contributed by atoms with Gasteiger partial charge in [-0.1, -0.05) is 18.2 Å². The number of ether oxygens (including phenoxy) is 1. The number of hydrogen-bond donors (Lipinski definition) is 0. The quantitative estimate of drug-likeness (QED) is 0.571. The van der Waals surface area contributed by atoms with Crippen molar-refractivity contribution in [2.24, 2.45) is 7.05 Å². The lowest BCUT2D eigenvalue weighted by Crippen LogP contribution is -2.39. The first kappa shape index (κ1) is 22.0. The van der Waals surface area contributed by atoms with Gasteiger partial charge in [-0.15, -0.1) is 0 Å². The molecule has 0 radical (unpaired) electrons. The molecule has 0 bridgehead atoms. The maximum absolute atomic E-state index is 13.3. The lowest BCUT2D eigenvalue weighted by molar-refractivity contribution is 0.0701. The lowest BCUT2D eigenvalue weighted by atomic mass is 9.93. The summed E-state index contributed by atoms with van der Waals surface area (Å²) in [6, 6.07) is 11.7. The Balaban J connectivity index is 1.44. The van der Waals surface area contributed by atoms with Crippen LogP contribution in [0.1, 0.15) is 34.8 Å². The van der Waals surface area contributed by atoms with Crippen LogP contribution in [0.2, 0.25) is 0 Å². The number of likely N-dealkylation sites (N-methyl/N-ethyl adjacent to an activating group) is 1. The van der Waals surface area contributed by atoms with Gasteiger partial charge in [0, 0.05) is 61.8 Å². The number of amides is 1. The molecule has 7 nitrogen and oxygen atoms in total. The summed E-state index contributed by atoms with van der Waals surface area (Å²) in [4.78, 5) is 22.1. The molecule has 0 aliphatic carbocycles. The van der Waals surface area contributed by atoms with Gasteiger partial charge in [-0.3, -0.25) is 14.5 Å². The molecule has 168 valence electrons. The minimum atomic E-state index is 0.0298. The molecule has 32 heavy (non-hydrogen) atoms. The molecular formula is C25H31N5O2. The molecule has 1 aliphatic rings. The van der Waals surface area contributed by atoms with Crippen molar-refractivity contribution >= 4 is 5.91 Å². The van der Waals surface area contributed by atoms with Crippen molar-refractivity contribution in [2.75, 3.05) is 40.3 Å². The molecule has 0 spiro atoms. The predicted molar refractivity (Wildman–Crippen MR) is 125 cm³/mol. The molecule has 3 aromatic rings. The van der Waals surface area contributed by atoms with Gasteiger partial charge in [-0.25, -0.2) is 0 Å². The van der Waals surface area contributed by atoms with Crippen LogP contribution in [-0.4, -0.2) is 70.8 Å². The summed E-state index contributed by atoms with van der Waals surface area (Å²) < 4.78 is 7.71. The molecule has 4 rings (SSSR count). The number of aryl methyl sites for hydroxylation is 1. The second-order valence-corrected chi connectivity index (χ2v) is 8.61. The van der Waals surface area contributed by atoms with Crippen LogP contribution in [0.3, 0.4) is 0 Å². The minimum Gasteiger partial charge on any atom is -0.491 e. The van der Waals surface area contributed by atoms with Crippen molar-refractivity contribution in [2.45, 2.75) is 18.8 Å². The molecule has 7 heteroatoms. The molecule has 1 fully saturated rings. The first-order valence-electron chi connectivity index (χ1n) is 11.1. The van der Waals surface area contributed by atoms with E-state index in [0.717, 1.165) is 42.8 Å². The Labute approximate surface area is 189 Å². The molecule has 0 saturated carbocycles. The maximum atomic E-state index is 13.3. The van der Waals surface area contributed by atoms with Crippen LogP contribution in [0, 0.1) is 0 Å². The third-order valence-electron chi connectivity index (χ3n) is 5.86. The SMILES string of the molecule is CN(C)CCOc1ccccc1C(=O)N1CCC[C@H](c2ccc(-c3cnn(C)c3)cn2)C1. The average Bonchev–Trinajstić information content (AvgIpc) is 3.25. The molecular weight excluding hydrogens is 402 g/mol. The zero-order valence-corrected chi connectivity index (χ0v) is 19.1. The number of carbonyl (C=O) groups is 1. The maximum Gasteiger partial charge on any atom is 0.257 e. The molecule has 1 aliphatic heterocycles. The number of benzene rings is 1. The Morgan fingerprint density at radius 3 is 2.72 bits per heavy atom. The fourth-order valence-electron chi connectivity index (χ4n) is 4.07. The summed E-state index contributed by atoms with van der Waals surface area (Å²) in [5.41, 5.74) is 3.77. The standard InChI is InChI=1S/C25H31N5O2/c1-28(2)13-14-32-24-9-5-4-8-22(24)25(31)30-12-6-7-20(18-30)23-11-10-19(15-26-23)21-16-27-29(3)17-21/h4-5,8-11,15-17,20H,6-7,12-14,18H2,1-3H3/t20-/m0/s1. The Bertz CT molecular complexity index is 1040. The highest BCUT2D eigenvalue weighted by molar-refractivity contribution is 5.97. The zero-order chi connectivity index (χ0) is 22.5. The Morgan fingerprint density at radius 2 is 2.00 bits per heavy atom. The van der Waals surface area contributed by atoms with Gasteiger partial charge in [-0.2, -0.15) is 5.10 Å². The Hall–Kier alpha value is -3.19. The van der Waals surface area contributed by atoms with E-state index in [0.29, 0.717) is 24.5 Å². The van der Waals surface area contributed by atoms with Gasteiger partial charge in [0.1, 0.15) is 12.4 Å². The van der Waals surface area contributed by atoms with Gasteiger partial charge in [0.05, 0.1) is 11.8 Å². The highest BCUT2D eigenvalue weighted by Gasteiger charge is 2.27. The molecule has 3 heterocycles. The molecule has 1 aromatic carbocycles. The fourth-order valence-corrected chi connectivity index (χ4v) is 4.07. The molecule has 1 amide bonds. The molecule has 2 aromatic heterocycles. The van der Waals surface area contributed by atoms with Crippen molar-refractivity contribution in [3.8, 4) is 16.9 Å². The van der Waals surface area contributed by atoms with Gasteiger partial charge in [0.15, 0.2) is 0 Å². The van der Waals surface area contributed by atoms with Crippen LogP contribution in [0.5, 0.6) is 5.75 Å². The monoisotopic (exact) mass is 433 g/mol. The van der Waals surface area contributed by atoms with Gasteiger partial charge in [0.25, 0.3) is 5.91 Å². The number of rotatable bonds is 7. The van der Waals surface area contributed by atoms with E-state index in [2.05, 4.69) is 22.1 Å². The number of piperidine rings is 1. The van der Waals surface area contributed by atoms with Gasteiger partial charge in [0.2, 0.25) is 0 Å². The van der Waals surface area contributed by atoms with Crippen LogP contribution in [0.4, 0.5) is 0 Å². The summed E-state index contributed by atoms with van der Waals surface area (Å²) >= 11 is 0. The van der Waals surface area contributed by atoms with E-state index < -0.39 is 0 Å². The van der Waals surface area contributed by atoms with E-state index in [1.807, 2.05) is 68.9 Å². The number of nitrogens with zero attached hydrogens (tertiary/aromatic N) is 5. The highest BCUT2D eigenvalue weighted by atomic mass is 16.5. The zero-order valence-electron chi connectivity index (χ0n) is 19.1. The van der Waals surface area contributed by atoms with Gasteiger partial charge < -0.3 is 14.5 Å². The van der Waals surface area contributed by atoms with E-state index in [1.54, 1.807) is 4.68 Å². The van der Waals surface area contributed by atoms with E-state index in [4.69, 9.17) is 9.72 Å². The van der Waals surface area contributed by atoms with Crippen molar-refractivity contribution in [3.05, 3.63) is 66.2 Å². The number of para-hydroxylation sites is 1. The summed E-state index contributed by atoms with van der Waals surface area (Å²) in [6.45, 7) is 2.78. The minimum absolute atomic E-state index is 0.0298. The van der Waals surface area contributed by atoms with E-state index in [1.165, 1.54) is 0 Å². The first-order valence-corrected chi connectivity index (χ1v) is 11.1. The smallest absolute Gasteiger partial charge is 0.257 e. The van der Waals surface area contributed by atoms with Crippen LogP contribution in [0.15, 0.2) is 55.0 Å². The summed E-state index contributed by atoms with van der Waals surface area (Å²) in [7, 11) is 5.92. The number of likely N-dealkylation sites (tertiary alicyclic amines) is 1. The van der Waals surface area contributed by atoms with E-state index in [-0.39, 0.29) is 11.8 Å². The third-order valence-corrected chi connectivity index (χ3v) is 5.86. The lowest BCUT2D eigenvalue weighted by Gasteiger charge is -2.33. The van der Waals surface area contributed by atoms with Crippen molar-refractivity contribution < 1.29 is 9.53 Å². The van der Waals surface area contributed by atoms with Crippen LogP contribution >= 0.6 is 0 Å². The number of aromatic nitrogens is 3. The highest BCUT2D eigenvalue weighted by Crippen LogP contribution is 2.29. The first-order chi connectivity index (χ1) is 15.5. The van der Waals surface area contributed by atoms with Crippen molar-refractivity contribution in [1.82, 2.24) is 24.6 Å². The largest absolute Gasteiger partial charge is 0.491 e. The van der Waals surface area contributed by atoms with Crippen molar-refractivity contribution in [1.29, 1.82) is 0 Å². The average molecular weight is 434 g/mol. The molecule has 1 saturated heterocycles. The number of hydrogen-bond acceptors (Lipinski definition) is 5. The Morgan fingerprint density at radius 1 is 1.16 bits per heavy atom. The number of carbonyl (C=O) groups excluding carboxylic acids is 1. The Kier molecular flexibility index (Phi) is 6.85. The van der Waals surface area contributed by atoms with E-state index >= 15 is 0 Å². The summed E-state index contributed by atoms with van der Waals surface area (Å²) in [5.74, 6) is 0.917. The normalized spacial score (nSPS) is 16.4. The van der Waals surface area contributed by atoms with Crippen molar-refractivity contribution in [3.63, 3.8) is 0 Å². The third kappa shape index (κ3) is 5.16. The van der Waals surface area contributed by atoms with Crippen LogP contribution < -0.4 is 4.74 Å². The van der Waals surface area contributed by atoms with Gasteiger partial charge >= 0.3 is 0 Å². The molecule has 1 atom stereocenters. The summed E-state index contributed by atoms with van der Waals surface area (Å²) in [5, 5.41) is 4.23. The van der Waals surface area contributed by atoms with Gasteiger partial charge in [-0.05, 0) is 45.1 Å². The molecule has 0 unspecified atom stereocenters. The van der Waals surface area contributed by atoms with E-state index in [9.17, 15) is 4.79 Å². The second-order valence-electron chi connectivity index (χ2n) is 8.61. The second kappa shape index (κ2) is 9.96. The summed E-state index contributed by atoms with van der Waals surface area (Å²) in [6.07, 6.45) is 7.72. The predicted octanol–water partition coefficient (Wildman–Crippen LogP) is 3.44. The van der Waals surface area contributed by atoms with Crippen LogP contribution in [-0.2, 0) is 7.05 Å². The number of pyridine rings is 1. The van der Waals surface area contributed by atoms with Crippen LogP contribution in [0.25, 0.3) is 11.1 Å². The fraction of sp³-hybridized carbons (Fsp3) is 0.400. The molecule has 0 N–H and O–H groups in total.